The van der Waals surface area contributed by atoms with E-state index in [2.05, 4.69) is 15.3 Å². The lowest BCUT2D eigenvalue weighted by molar-refractivity contribution is 0.276. The van der Waals surface area contributed by atoms with E-state index in [1.165, 1.54) is 18.5 Å². The summed E-state index contributed by atoms with van der Waals surface area (Å²) in [6, 6.07) is 13.6. The summed E-state index contributed by atoms with van der Waals surface area (Å²) in [5.74, 6) is 0.156. The summed E-state index contributed by atoms with van der Waals surface area (Å²) in [4.78, 5) is 8.27. The van der Waals surface area contributed by atoms with Crippen LogP contribution in [0.3, 0.4) is 0 Å². The number of aliphatic hydroxyl groups is 1. The number of nitrogens with one attached hydrogen (secondary N) is 1. The minimum atomic E-state index is -0.347. The summed E-state index contributed by atoms with van der Waals surface area (Å²) >= 11 is 0. The van der Waals surface area contributed by atoms with Gasteiger partial charge in [0.1, 0.15) is 18.0 Å². The van der Waals surface area contributed by atoms with Crippen LogP contribution in [-0.4, -0.2) is 21.7 Å². The molecule has 0 fully saturated rings. The number of aromatic nitrogens is 2. The molecular formula is C16H14FN3O. The summed E-state index contributed by atoms with van der Waals surface area (Å²) in [7, 11) is 0. The monoisotopic (exact) mass is 283 g/mol. The molecule has 2 N–H and O–H groups in total. The summed E-state index contributed by atoms with van der Waals surface area (Å²) in [5, 5.41) is 13.3. The molecule has 1 aromatic heterocycles. The van der Waals surface area contributed by atoms with Crippen LogP contribution in [0.15, 0.2) is 54.9 Å². The van der Waals surface area contributed by atoms with Crippen molar-refractivity contribution in [2.45, 2.75) is 6.04 Å². The van der Waals surface area contributed by atoms with E-state index in [-0.39, 0.29) is 18.5 Å². The largest absolute Gasteiger partial charge is 0.394 e. The van der Waals surface area contributed by atoms with Gasteiger partial charge in [0.15, 0.2) is 0 Å². The quantitative estimate of drug-likeness (QED) is 0.773. The number of halogens is 1. The predicted molar refractivity (Wildman–Crippen MR) is 79.4 cm³/mol. The number of benzene rings is 2. The number of aliphatic hydroxyl groups excluding tert-OH is 1. The zero-order valence-electron chi connectivity index (χ0n) is 11.2. The molecule has 0 bridgehead atoms. The van der Waals surface area contributed by atoms with E-state index in [0.29, 0.717) is 16.7 Å². The molecule has 5 heteroatoms. The molecule has 1 atom stereocenters. The van der Waals surface area contributed by atoms with E-state index in [1.807, 2.05) is 30.3 Å². The van der Waals surface area contributed by atoms with Crippen molar-refractivity contribution in [1.29, 1.82) is 0 Å². The average molecular weight is 283 g/mol. The van der Waals surface area contributed by atoms with E-state index < -0.39 is 0 Å². The van der Waals surface area contributed by atoms with Gasteiger partial charge in [-0.15, -0.1) is 0 Å². The molecule has 106 valence electrons. The van der Waals surface area contributed by atoms with Gasteiger partial charge in [-0.2, -0.15) is 0 Å². The maximum atomic E-state index is 13.4. The Hall–Kier alpha value is -2.53. The van der Waals surface area contributed by atoms with Gasteiger partial charge in [0.05, 0.1) is 18.2 Å². The SMILES string of the molecule is OCC(Nc1ncnc2ccc(F)cc12)c1ccccc1. The molecule has 4 nitrogen and oxygen atoms in total. The third-order valence-corrected chi connectivity index (χ3v) is 3.29. The molecule has 0 spiro atoms. The third-order valence-electron chi connectivity index (χ3n) is 3.29. The molecule has 2 aromatic carbocycles. The van der Waals surface area contributed by atoms with Gasteiger partial charge in [-0.1, -0.05) is 30.3 Å². The fraction of sp³-hybridized carbons (Fsp3) is 0.125. The predicted octanol–water partition coefficient (Wildman–Crippen LogP) is 2.91. The molecule has 21 heavy (non-hydrogen) atoms. The van der Waals surface area contributed by atoms with Gasteiger partial charge in [-0.05, 0) is 23.8 Å². The Balaban J connectivity index is 1.99. The van der Waals surface area contributed by atoms with Gasteiger partial charge in [0.25, 0.3) is 0 Å². The van der Waals surface area contributed by atoms with Crippen LogP contribution in [0.25, 0.3) is 10.9 Å². The maximum absolute atomic E-state index is 13.4. The fourth-order valence-corrected chi connectivity index (χ4v) is 2.23. The molecule has 0 radical (unpaired) electrons. The van der Waals surface area contributed by atoms with Gasteiger partial charge in [0, 0.05) is 5.39 Å². The lowest BCUT2D eigenvalue weighted by Gasteiger charge is -2.18. The van der Waals surface area contributed by atoms with Crippen molar-refractivity contribution in [3.8, 4) is 0 Å². The van der Waals surface area contributed by atoms with Crippen LogP contribution in [0.2, 0.25) is 0 Å². The highest BCUT2D eigenvalue weighted by molar-refractivity contribution is 5.88. The number of fused-ring (bicyclic) bond motifs is 1. The van der Waals surface area contributed by atoms with Gasteiger partial charge in [-0.25, -0.2) is 14.4 Å². The van der Waals surface area contributed by atoms with E-state index in [1.54, 1.807) is 6.07 Å². The zero-order valence-corrected chi connectivity index (χ0v) is 11.2. The van der Waals surface area contributed by atoms with Gasteiger partial charge >= 0.3 is 0 Å². The molecule has 1 unspecified atom stereocenters. The summed E-state index contributed by atoms with van der Waals surface area (Å²) in [6.45, 7) is -0.0924. The van der Waals surface area contributed by atoms with E-state index in [4.69, 9.17) is 0 Å². The van der Waals surface area contributed by atoms with Gasteiger partial charge < -0.3 is 10.4 Å². The summed E-state index contributed by atoms with van der Waals surface area (Å²) in [5.41, 5.74) is 1.59. The van der Waals surface area contributed by atoms with Crippen LogP contribution in [0.5, 0.6) is 0 Å². The zero-order chi connectivity index (χ0) is 14.7. The minimum absolute atomic E-state index is 0.0924. The Morgan fingerprint density at radius 2 is 1.90 bits per heavy atom. The molecule has 0 amide bonds. The standard InChI is InChI=1S/C16H14FN3O/c17-12-6-7-14-13(8-12)16(19-10-18-14)20-15(9-21)11-4-2-1-3-5-11/h1-8,10,15,21H,9H2,(H,18,19,20). The Morgan fingerprint density at radius 1 is 1.10 bits per heavy atom. The van der Waals surface area contributed by atoms with Crippen molar-refractivity contribution in [3.63, 3.8) is 0 Å². The number of rotatable bonds is 4. The van der Waals surface area contributed by atoms with Crippen LogP contribution in [0.4, 0.5) is 10.2 Å². The highest BCUT2D eigenvalue weighted by Crippen LogP contribution is 2.24. The van der Waals surface area contributed by atoms with Crippen LogP contribution >= 0.6 is 0 Å². The smallest absolute Gasteiger partial charge is 0.137 e. The molecule has 3 rings (SSSR count). The Morgan fingerprint density at radius 3 is 2.67 bits per heavy atom. The summed E-state index contributed by atoms with van der Waals surface area (Å²) in [6.07, 6.45) is 1.42. The number of hydrogen-bond acceptors (Lipinski definition) is 4. The first-order valence-corrected chi connectivity index (χ1v) is 6.60. The second kappa shape index (κ2) is 5.85. The maximum Gasteiger partial charge on any atom is 0.137 e. The molecule has 0 saturated carbocycles. The first-order valence-electron chi connectivity index (χ1n) is 6.60. The Labute approximate surface area is 121 Å². The number of hydrogen-bond donors (Lipinski definition) is 2. The van der Waals surface area contributed by atoms with Crippen molar-refractivity contribution in [1.82, 2.24) is 9.97 Å². The van der Waals surface area contributed by atoms with Gasteiger partial charge in [-0.3, -0.25) is 0 Å². The van der Waals surface area contributed by atoms with E-state index in [9.17, 15) is 9.50 Å². The van der Waals surface area contributed by atoms with E-state index in [0.717, 1.165) is 5.56 Å². The molecule has 3 aromatic rings. The lowest BCUT2D eigenvalue weighted by atomic mass is 10.1. The average Bonchev–Trinajstić information content (AvgIpc) is 2.53. The van der Waals surface area contributed by atoms with Crippen LogP contribution in [-0.2, 0) is 0 Å². The second-order valence-electron chi connectivity index (χ2n) is 4.67. The van der Waals surface area contributed by atoms with Crippen molar-refractivity contribution in [2.24, 2.45) is 0 Å². The van der Waals surface area contributed by atoms with Crippen LogP contribution in [0, 0.1) is 5.82 Å². The fourth-order valence-electron chi connectivity index (χ4n) is 2.23. The molecule has 0 aliphatic heterocycles. The summed E-state index contributed by atoms with van der Waals surface area (Å²) < 4.78 is 13.4. The van der Waals surface area contributed by atoms with Crippen molar-refractivity contribution >= 4 is 16.7 Å². The Kier molecular flexibility index (Phi) is 3.75. The molecular weight excluding hydrogens is 269 g/mol. The third kappa shape index (κ3) is 2.83. The molecule has 1 heterocycles. The van der Waals surface area contributed by atoms with Crippen molar-refractivity contribution in [2.75, 3.05) is 11.9 Å². The molecule has 0 saturated heterocycles. The molecule has 0 aliphatic rings. The highest BCUT2D eigenvalue weighted by Gasteiger charge is 2.13. The topological polar surface area (TPSA) is 58.0 Å². The minimum Gasteiger partial charge on any atom is -0.394 e. The van der Waals surface area contributed by atoms with Crippen molar-refractivity contribution in [3.05, 3.63) is 66.2 Å². The van der Waals surface area contributed by atoms with E-state index >= 15 is 0 Å². The van der Waals surface area contributed by atoms with Crippen LogP contribution < -0.4 is 5.32 Å². The number of nitrogens with zero attached hydrogens (tertiary/aromatic N) is 2. The Bertz CT molecular complexity index is 749. The van der Waals surface area contributed by atoms with Crippen LogP contribution in [0.1, 0.15) is 11.6 Å². The number of anilines is 1. The van der Waals surface area contributed by atoms with Crippen molar-refractivity contribution < 1.29 is 9.50 Å². The lowest BCUT2D eigenvalue weighted by Crippen LogP contribution is -2.16. The first-order chi connectivity index (χ1) is 10.3. The highest BCUT2D eigenvalue weighted by atomic mass is 19.1. The normalized spacial score (nSPS) is 12.3. The first kappa shape index (κ1) is 13.5. The second-order valence-corrected chi connectivity index (χ2v) is 4.67. The molecule has 0 aliphatic carbocycles. The van der Waals surface area contributed by atoms with Gasteiger partial charge in [0.2, 0.25) is 0 Å².